The van der Waals surface area contributed by atoms with Gasteiger partial charge in [0.1, 0.15) is 17.5 Å². The summed E-state index contributed by atoms with van der Waals surface area (Å²) < 4.78 is 36.2. The molecule has 3 N–H and O–H groups in total. The molecule has 1 aromatic rings. The van der Waals surface area contributed by atoms with Crippen molar-refractivity contribution in [2.24, 2.45) is 34.5 Å². The first-order chi connectivity index (χ1) is 21.1. The fourth-order valence-electron chi connectivity index (χ4n) is 12.0. The molecule has 1 aliphatic heterocycles. The number of likely N-dealkylation sites (tertiary alicyclic amines) is 1. The summed E-state index contributed by atoms with van der Waals surface area (Å²) in [5.74, 6) is -1.54. The molecular formula is C33H47NO10. The van der Waals surface area contributed by atoms with Gasteiger partial charge in [0, 0.05) is 82.5 Å². The first kappa shape index (κ1) is 30.8. The summed E-state index contributed by atoms with van der Waals surface area (Å²) in [5.41, 5.74) is -3.92. The summed E-state index contributed by atoms with van der Waals surface area (Å²) in [7, 11) is 8.13. The maximum Gasteiger partial charge on any atom is 0.338 e. The van der Waals surface area contributed by atoms with Gasteiger partial charge in [0.05, 0.1) is 49.3 Å². The van der Waals surface area contributed by atoms with Crippen LogP contribution in [-0.2, 0) is 23.7 Å². The Morgan fingerprint density at radius 3 is 2.25 bits per heavy atom. The molecule has 7 unspecified atom stereocenters. The number of hydrogen-bond acceptors (Lipinski definition) is 11. The minimum Gasteiger partial charge on any atom is -0.497 e. The summed E-state index contributed by atoms with van der Waals surface area (Å²) in [6.45, 7) is 3.73. The van der Waals surface area contributed by atoms with Gasteiger partial charge in [-0.15, -0.1) is 0 Å². The number of aliphatic hydroxyl groups excluding tert-OH is 1. The molecule has 44 heavy (non-hydrogen) atoms. The van der Waals surface area contributed by atoms with Crippen LogP contribution in [-0.4, -0.2) is 129 Å². The largest absolute Gasteiger partial charge is 0.497 e. The zero-order valence-corrected chi connectivity index (χ0v) is 26.5. The first-order valence-corrected chi connectivity index (χ1v) is 15.9. The molecule has 1 aromatic carbocycles. The van der Waals surface area contributed by atoms with Gasteiger partial charge >= 0.3 is 5.97 Å². The van der Waals surface area contributed by atoms with Crippen molar-refractivity contribution in [3.05, 3.63) is 29.8 Å². The van der Waals surface area contributed by atoms with Gasteiger partial charge in [-0.2, -0.15) is 0 Å². The molecule has 0 amide bonds. The number of carbonyl (C=O) groups is 1. The number of benzene rings is 1. The second-order valence-electron chi connectivity index (χ2n) is 14.2. The maximum absolute atomic E-state index is 13.7. The van der Waals surface area contributed by atoms with E-state index in [2.05, 4.69) is 11.8 Å². The molecule has 11 heteroatoms. The van der Waals surface area contributed by atoms with Crippen LogP contribution in [0.5, 0.6) is 5.75 Å². The Hall–Kier alpha value is -1.83. The summed E-state index contributed by atoms with van der Waals surface area (Å²) in [6, 6.07) is 6.50. The number of nitrogens with zero attached hydrogens (tertiary/aromatic N) is 1. The Kier molecular flexibility index (Phi) is 7.24. The summed E-state index contributed by atoms with van der Waals surface area (Å²) in [6.07, 6.45) is -2.51. The van der Waals surface area contributed by atoms with Crippen LogP contribution < -0.4 is 4.74 Å². The van der Waals surface area contributed by atoms with Gasteiger partial charge in [0.2, 0.25) is 0 Å². The summed E-state index contributed by atoms with van der Waals surface area (Å²) in [5, 5.41) is 37.7. The van der Waals surface area contributed by atoms with Gasteiger partial charge in [-0.1, -0.05) is 6.92 Å². The lowest BCUT2D eigenvalue weighted by molar-refractivity contribution is -0.298. The van der Waals surface area contributed by atoms with E-state index in [0.717, 1.165) is 0 Å². The molecule has 5 aliphatic carbocycles. The molecule has 6 fully saturated rings. The van der Waals surface area contributed by atoms with Crippen LogP contribution in [0.1, 0.15) is 36.5 Å². The molecule has 5 saturated carbocycles. The molecule has 7 bridgehead atoms. The molecule has 1 saturated heterocycles. The zero-order chi connectivity index (χ0) is 31.4. The highest BCUT2D eigenvalue weighted by Gasteiger charge is 2.89. The third-order valence-corrected chi connectivity index (χ3v) is 13.1. The average molecular weight is 618 g/mol. The van der Waals surface area contributed by atoms with Crippen molar-refractivity contribution in [2.45, 2.75) is 73.9 Å². The smallest absolute Gasteiger partial charge is 0.338 e. The average Bonchev–Trinajstić information content (AvgIpc) is 3.41. The number of piperidine rings is 1. The summed E-state index contributed by atoms with van der Waals surface area (Å²) in [4.78, 5) is 16.1. The number of methoxy groups -OCH3 is 5. The van der Waals surface area contributed by atoms with Crippen LogP contribution in [0.15, 0.2) is 24.3 Å². The predicted octanol–water partition coefficient (Wildman–Crippen LogP) is 1.12. The number of carbonyl (C=O) groups excluding carboxylic acids is 1. The molecular weight excluding hydrogens is 570 g/mol. The van der Waals surface area contributed by atoms with Crippen LogP contribution in [0, 0.1) is 34.5 Å². The fourth-order valence-corrected chi connectivity index (χ4v) is 12.0. The Morgan fingerprint density at radius 2 is 1.66 bits per heavy atom. The van der Waals surface area contributed by atoms with Crippen molar-refractivity contribution < 1.29 is 48.5 Å². The molecule has 6 aliphatic rings. The number of aliphatic hydroxyl groups is 3. The third-order valence-electron chi connectivity index (χ3n) is 13.1. The second kappa shape index (κ2) is 10.3. The van der Waals surface area contributed by atoms with E-state index in [9.17, 15) is 20.1 Å². The Morgan fingerprint density at radius 1 is 0.955 bits per heavy atom. The molecule has 1 heterocycles. The van der Waals surface area contributed by atoms with Gasteiger partial charge in [-0.05, 0) is 43.1 Å². The van der Waals surface area contributed by atoms with Crippen molar-refractivity contribution in [3.63, 3.8) is 0 Å². The fraction of sp³-hybridized carbons (Fsp3) is 0.788. The van der Waals surface area contributed by atoms with Crippen LogP contribution in [0.25, 0.3) is 0 Å². The topological polar surface area (TPSA) is 136 Å². The molecule has 1 spiro atoms. The van der Waals surface area contributed by atoms with Crippen LogP contribution in [0.3, 0.4) is 0 Å². The van der Waals surface area contributed by atoms with E-state index in [0.29, 0.717) is 37.4 Å². The van der Waals surface area contributed by atoms with Gasteiger partial charge in [0.25, 0.3) is 0 Å². The number of ether oxygens (including phenoxy) is 6. The number of esters is 1. The monoisotopic (exact) mass is 617 g/mol. The van der Waals surface area contributed by atoms with Crippen LogP contribution in [0.2, 0.25) is 0 Å². The Balaban J connectivity index is 1.42. The van der Waals surface area contributed by atoms with Crippen LogP contribution >= 0.6 is 0 Å². The Labute approximate surface area is 258 Å². The molecule has 14 atom stereocenters. The first-order valence-electron chi connectivity index (χ1n) is 15.9. The lowest BCUT2D eigenvalue weighted by Crippen LogP contribution is -2.79. The van der Waals surface area contributed by atoms with Crippen molar-refractivity contribution in [3.8, 4) is 5.75 Å². The lowest BCUT2D eigenvalue weighted by Gasteiger charge is -2.70. The van der Waals surface area contributed by atoms with Gasteiger partial charge in [-0.25, -0.2) is 4.79 Å². The zero-order valence-electron chi connectivity index (χ0n) is 26.5. The van der Waals surface area contributed by atoms with Gasteiger partial charge in [-0.3, -0.25) is 4.90 Å². The Bertz CT molecular complexity index is 1280. The van der Waals surface area contributed by atoms with Gasteiger partial charge in [0.15, 0.2) is 0 Å². The van der Waals surface area contributed by atoms with E-state index in [-0.39, 0.29) is 36.8 Å². The van der Waals surface area contributed by atoms with Crippen molar-refractivity contribution in [1.29, 1.82) is 0 Å². The minimum atomic E-state index is -1.54. The SMILES string of the molecule is CCN1C[C@@]2(COC)C3[C@@H](OC)C4C1C3(C1C[C@@]3(O)C(OC(=O)c5ccc(OC)cc5)C1[C@]4(O)C[C@@H]3OC)[C@@H](OC)C[C@H]2O. The molecule has 7 rings (SSSR count). The molecule has 0 aromatic heterocycles. The normalized spacial score (nSPS) is 50.0. The lowest BCUT2D eigenvalue weighted by atomic mass is 9.42. The third kappa shape index (κ3) is 3.48. The van der Waals surface area contributed by atoms with E-state index >= 15 is 0 Å². The van der Waals surface area contributed by atoms with E-state index < -0.39 is 64.3 Å². The quantitative estimate of drug-likeness (QED) is 0.344. The van der Waals surface area contributed by atoms with E-state index in [1.807, 2.05) is 0 Å². The van der Waals surface area contributed by atoms with Crippen molar-refractivity contribution in [2.75, 3.05) is 55.2 Å². The van der Waals surface area contributed by atoms with Crippen LogP contribution in [0.4, 0.5) is 0 Å². The van der Waals surface area contributed by atoms with E-state index in [1.54, 1.807) is 52.7 Å². The second-order valence-corrected chi connectivity index (χ2v) is 14.2. The van der Waals surface area contributed by atoms with E-state index in [1.165, 1.54) is 7.11 Å². The molecule has 244 valence electrons. The number of rotatable bonds is 9. The molecule has 0 radical (unpaired) electrons. The van der Waals surface area contributed by atoms with Crippen molar-refractivity contribution >= 4 is 5.97 Å². The highest BCUT2D eigenvalue weighted by molar-refractivity contribution is 5.89. The molecule has 11 nitrogen and oxygen atoms in total. The maximum atomic E-state index is 13.7. The highest BCUT2D eigenvalue weighted by atomic mass is 16.6. The predicted molar refractivity (Wildman–Crippen MR) is 156 cm³/mol. The number of hydrogen-bond donors (Lipinski definition) is 3. The minimum absolute atomic E-state index is 0.146. The van der Waals surface area contributed by atoms with Crippen molar-refractivity contribution in [1.82, 2.24) is 4.90 Å². The van der Waals surface area contributed by atoms with E-state index in [4.69, 9.17) is 28.4 Å². The summed E-state index contributed by atoms with van der Waals surface area (Å²) >= 11 is 0. The number of fused-ring (bicyclic) bond motifs is 2. The van der Waals surface area contributed by atoms with Gasteiger partial charge < -0.3 is 43.7 Å². The highest BCUT2D eigenvalue weighted by Crippen LogP contribution is 2.80. The standard InChI is InChI=1S/C33H47NO10/c1-7-34-15-30(16-39-2)20(35)12-21(41-4)33-19-13-31(37)22(42-5)14-32(38,24(27(33)34)25(43-6)26(30)33)23(19)28(31)44-29(36)17-8-10-18(40-3)11-9-17/h8-11,19-28,35,37-38H,7,12-16H2,1-6H3/t19?,20-,21+,22+,23?,24?,25+,26?,27?,28?,30+,31+,32-,33?/m1/s1.